The summed E-state index contributed by atoms with van der Waals surface area (Å²) in [6, 6.07) is 5.89. The number of hydrogen-bond donors (Lipinski definition) is 0. The predicted molar refractivity (Wildman–Crippen MR) is 52.3 cm³/mol. The maximum Gasteiger partial charge on any atom is 0.103 e. The van der Waals surface area contributed by atoms with E-state index in [0.29, 0.717) is 0 Å². The van der Waals surface area contributed by atoms with E-state index in [4.69, 9.17) is 0 Å². The first-order valence-electron chi connectivity index (χ1n) is 3.22. The summed E-state index contributed by atoms with van der Waals surface area (Å²) in [5, 5.41) is 1.09. The van der Waals surface area contributed by atoms with Crippen LogP contribution in [0.5, 0.6) is 0 Å². The first-order valence-corrected chi connectivity index (χ1v) is 4.30. The summed E-state index contributed by atoms with van der Waals surface area (Å²) in [6.07, 6.45) is 3.63. The number of hydrogen-bond acceptors (Lipinski definition) is 2. The molecule has 0 fully saturated rings. The maximum absolute atomic E-state index is 4.20. The van der Waals surface area contributed by atoms with Crippen LogP contribution in [-0.4, -0.2) is 9.97 Å². The Hall–Kier alpha value is -0.710. The van der Waals surface area contributed by atoms with Crippen LogP contribution in [0.2, 0.25) is 0 Å². The molecule has 3 heteroatoms. The third-order valence-corrected chi connectivity index (χ3v) is 2.04. The number of rotatable bonds is 0. The Balaban J connectivity index is 2.83. The van der Waals surface area contributed by atoms with Gasteiger partial charge in [-0.1, -0.05) is 0 Å². The second-order valence-corrected chi connectivity index (χ2v) is 3.31. The van der Waals surface area contributed by atoms with E-state index in [1.54, 1.807) is 6.20 Å². The molecule has 0 aromatic carbocycles. The summed E-state index contributed by atoms with van der Waals surface area (Å²) >= 11 is 2.18. The summed E-state index contributed by atoms with van der Waals surface area (Å²) in [6.45, 7) is 0. The van der Waals surface area contributed by atoms with Crippen molar-refractivity contribution in [1.29, 1.82) is 0 Å². The normalized spacial score (nSPS) is 10.3. The fourth-order valence-corrected chi connectivity index (χ4v) is 1.38. The lowest BCUT2D eigenvalue weighted by Gasteiger charge is -1.94. The van der Waals surface area contributed by atoms with E-state index in [0.717, 1.165) is 14.6 Å². The third kappa shape index (κ3) is 1.33. The molecule has 0 spiro atoms. The zero-order valence-electron chi connectivity index (χ0n) is 5.66. The summed E-state index contributed by atoms with van der Waals surface area (Å²) in [7, 11) is 0. The van der Waals surface area contributed by atoms with E-state index < -0.39 is 0 Å². The van der Waals surface area contributed by atoms with E-state index in [1.807, 2.05) is 24.4 Å². The van der Waals surface area contributed by atoms with E-state index >= 15 is 0 Å². The molecule has 11 heavy (non-hydrogen) atoms. The fraction of sp³-hybridized carbons (Fsp3) is 0. The summed E-state index contributed by atoms with van der Waals surface area (Å²) in [5.41, 5.74) is 1.01. The summed E-state index contributed by atoms with van der Waals surface area (Å²) < 4.78 is 0.980. The molecule has 0 saturated carbocycles. The number of halogens is 1. The standard InChI is InChI=1S/C8H5IN2/c9-8-4-7-6(5-11-8)2-1-3-10-7/h1-5H. The molecule has 0 amide bonds. The van der Waals surface area contributed by atoms with Crippen LogP contribution in [0.3, 0.4) is 0 Å². The zero-order chi connectivity index (χ0) is 7.68. The average molecular weight is 256 g/mol. The minimum absolute atomic E-state index is 0.980. The molecule has 2 nitrogen and oxygen atoms in total. The Bertz CT molecular complexity index is 387. The third-order valence-electron chi connectivity index (χ3n) is 1.45. The highest BCUT2D eigenvalue weighted by molar-refractivity contribution is 14.1. The Morgan fingerprint density at radius 1 is 1.27 bits per heavy atom. The SMILES string of the molecule is Ic1cc2ncccc2cn1. The first-order chi connectivity index (χ1) is 5.36. The van der Waals surface area contributed by atoms with Crippen molar-refractivity contribution in [3.05, 3.63) is 34.3 Å². The van der Waals surface area contributed by atoms with Gasteiger partial charge < -0.3 is 0 Å². The van der Waals surface area contributed by atoms with Crippen LogP contribution in [0.15, 0.2) is 30.6 Å². The molecular weight excluding hydrogens is 251 g/mol. The van der Waals surface area contributed by atoms with Crippen LogP contribution in [0.1, 0.15) is 0 Å². The zero-order valence-corrected chi connectivity index (χ0v) is 7.82. The van der Waals surface area contributed by atoms with E-state index in [2.05, 4.69) is 32.6 Å². The molecular formula is C8H5IN2. The van der Waals surface area contributed by atoms with Gasteiger partial charge in [0.05, 0.1) is 5.52 Å². The smallest absolute Gasteiger partial charge is 0.103 e. The first kappa shape index (κ1) is 6.97. The van der Waals surface area contributed by atoms with Gasteiger partial charge >= 0.3 is 0 Å². The summed E-state index contributed by atoms with van der Waals surface area (Å²) in [5.74, 6) is 0. The highest BCUT2D eigenvalue weighted by Crippen LogP contribution is 2.11. The van der Waals surface area contributed by atoms with Gasteiger partial charge in [-0.3, -0.25) is 4.98 Å². The van der Waals surface area contributed by atoms with Gasteiger partial charge in [-0.2, -0.15) is 0 Å². The quantitative estimate of drug-likeness (QED) is 0.533. The van der Waals surface area contributed by atoms with Crippen LogP contribution in [0, 0.1) is 3.70 Å². The topological polar surface area (TPSA) is 25.8 Å². The molecule has 0 N–H and O–H groups in total. The van der Waals surface area contributed by atoms with Gasteiger partial charge in [-0.05, 0) is 40.8 Å². The fourth-order valence-electron chi connectivity index (χ4n) is 0.941. The van der Waals surface area contributed by atoms with Gasteiger partial charge in [0.2, 0.25) is 0 Å². The van der Waals surface area contributed by atoms with Gasteiger partial charge in [-0.25, -0.2) is 4.98 Å². The number of aromatic nitrogens is 2. The van der Waals surface area contributed by atoms with Crippen molar-refractivity contribution < 1.29 is 0 Å². The highest BCUT2D eigenvalue weighted by Gasteiger charge is 1.93. The molecule has 54 valence electrons. The number of pyridine rings is 2. The predicted octanol–water partition coefficient (Wildman–Crippen LogP) is 2.23. The van der Waals surface area contributed by atoms with Crippen molar-refractivity contribution in [1.82, 2.24) is 9.97 Å². The van der Waals surface area contributed by atoms with Crippen LogP contribution < -0.4 is 0 Å². The van der Waals surface area contributed by atoms with Crippen molar-refractivity contribution in [2.45, 2.75) is 0 Å². The molecule has 2 rings (SSSR count). The van der Waals surface area contributed by atoms with E-state index in [9.17, 15) is 0 Å². The molecule has 0 aliphatic carbocycles. The Labute approximate surface area is 77.8 Å². The van der Waals surface area contributed by atoms with Gasteiger partial charge in [0.25, 0.3) is 0 Å². The van der Waals surface area contributed by atoms with E-state index in [1.165, 1.54) is 0 Å². The van der Waals surface area contributed by atoms with Crippen LogP contribution >= 0.6 is 22.6 Å². The average Bonchev–Trinajstić information content (AvgIpc) is 2.04. The van der Waals surface area contributed by atoms with Crippen molar-refractivity contribution in [3.63, 3.8) is 0 Å². The van der Waals surface area contributed by atoms with Crippen LogP contribution in [0.25, 0.3) is 10.9 Å². The lowest BCUT2D eigenvalue weighted by Crippen LogP contribution is -1.82. The second kappa shape index (κ2) is 2.73. The molecule has 2 heterocycles. The molecule has 0 atom stereocenters. The molecule has 0 radical (unpaired) electrons. The monoisotopic (exact) mass is 256 g/mol. The number of fused-ring (bicyclic) bond motifs is 1. The molecule has 0 aliphatic rings. The van der Waals surface area contributed by atoms with Crippen molar-refractivity contribution in [3.8, 4) is 0 Å². The molecule has 0 bridgehead atoms. The molecule has 0 aliphatic heterocycles. The van der Waals surface area contributed by atoms with Crippen LogP contribution in [-0.2, 0) is 0 Å². The Morgan fingerprint density at radius 3 is 3.09 bits per heavy atom. The lowest BCUT2D eigenvalue weighted by atomic mass is 10.3. The van der Waals surface area contributed by atoms with Gasteiger partial charge in [0.15, 0.2) is 0 Å². The Kier molecular flexibility index (Phi) is 1.73. The molecule has 2 aromatic heterocycles. The maximum atomic E-state index is 4.20. The van der Waals surface area contributed by atoms with Gasteiger partial charge in [0.1, 0.15) is 3.70 Å². The lowest BCUT2D eigenvalue weighted by molar-refractivity contribution is 1.28. The Morgan fingerprint density at radius 2 is 2.18 bits per heavy atom. The number of nitrogens with zero attached hydrogens (tertiary/aromatic N) is 2. The molecule has 0 saturated heterocycles. The van der Waals surface area contributed by atoms with Crippen LogP contribution in [0.4, 0.5) is 0 Å². The van der Waals surface area contributed by atoms with Crippen molar-refractivity contribution in [2.24, 2.45) is 0 Å². The second-order valence-electron chi connectivity index (χ2n) is 2.20. The van der Waals surface area contributed by atoms with Gasteiger partial charge in [0, 0.05) is 17.8 Å². The van der Waals surface area contributed by atoms with Crippen molar-refractivity contribution in [2.75, 3.05) is 0 Å². The summed E-state index contributed by atoms with van der Waals surface area (Å²) in [4.78, 5) is 8.35. The van der Waals surface area contributed by atoms with Gasteiger partial charge in [-0.15, -0.1) is 0 Å². The molecule has 0 unspecified atom stereocenters. The van der Waals surface area contributed by atoms with Crippen molar-refractivity contribution >= 4 is 33.5 Å². The minimum Gasteiger partial charge on any atom is -0.256 e. The minimum atomic E-state index is 0.980. The highest BCUT2D eigenvalue weighted by atomic mass is 127. The molecule has 2 aromatic rings. The largest absolute Gasteiger partial charge is 0.256 e. The van der Waals surface area contributed by atoms with E-state index in [-0.39, 0.29) is 0 Å².